The highest BCUT2D eigenvalue weighted by molar-refractivity contribution is 5.54. The molecule has 6 nitrogen and oxygen atoms in total. The minimum Gasteiger partial charge on any atom is -0.489 e. The first-order valence-electron chi connectivity index (χ1n) is 5.94. The Kier molecular flexibility index (Phi) is 4.49. The molecule has 2 rings (SSSR count). The zero-order chi connectivity index (χ0) is 13.5. The Labute approximate surface area is 111 Å². The van der Waals surface area contributed by atoms with Gasteiger partial charge in [0.25, 0.3) is 5.88 Å². The smallest absolute Gasteiger partial charge is 0.262 e. The molecule has 0 radical (unpaired) electrons. The minimum absolute atomic E-state index is 0.429. The molecule has 0 aliphatic rings. The number of ether oxygens (including phenoxy) is 2. The van der Waals surface area contributed by atoms with Gasteiger partial charge in [-0.05, 0) is 12.1 Å². The molecule has 2 aromatic rings. The number of aromatic nitrogens is 3. The van der Waals surface area contributed by atoms with Crippen molar-refractivity contribution in [2.45, 2.75) is 6.42 Å². The van der Waals surface area contributed by atoms with Crippen LogP contribution in [0.2, 0.25) is 0 Å². The molecule has 100 valence electrons. The largest absolute Gasteiger partial charge is 0.489 e. The zero-order valence-corrected chi connectivity index (χ0v) is 11.0. The normalized spacial score (nSPS) is 10.0. The van der Waals surface area contributed by atoms with Crippen molar-refractivity contribution in [3.8, 4) is 11.6 Å². The molecule has 19 heavy (non-hydrogen) atoms. The molecular formula is C13H16N4O2. The van der Waals surface area contributed by atoms with Gasteiger partial charge in [0.15, 0.2) is 5.82 Å². The fourth-order valence-electron chi connectivity index (χ4n) is 1.62. The van der Waals surface area contributed by atoms with E-state index in [4.69, 9.17) is 9.47 Å². The van der Waals surface area contributed by atoms with Gasteiger partial charge in [-0.25, -0.2) is 4.98 Å². The van der Waals surface area contributed by atoms with Crippen LogP contribution in [-0.2, 0) is 6.42 Å². The molecule has 0 aromatic carbocycles. The van der Waals surface area contributed by atoms with Gasteiger partial charge in [0, 0.05) is 25.4 Å². The second-order valence-corrected chi connectivity index (χ2v) is 3.73. The number of pyridine rings is 1. The van der Waals surface area contributed by atoms with Gasteiger partial charge >= 0.3 is 0 Å². The summed E-state index contributed by atoms with van der Waals surface area (Å²) in [5, 5.41) is 2.93. The maximum Gasteiger partial charge on any atom is 0.262 e. The van der Waals surface area contributed by atoms with Crippen molar-refractivity contribution in [1.82, 2.24) is 15.0 Å². The zero-order valence-electron chi connectivity index (χ0n) is 11.0. The number of nitrogens with zero attached hydrogens (tertiary/aromatic N) is 3. The summed E-state index contributed by atoms with van der Waals surface area (Å²) in [5.41, 5.74) is 0.976. The first-order valence-corrected chi connectivity index (χ1v) is 5.94. The number of nitrogens with one attached hydrogen (secondary N) is 1. The van der Waals surface area contributed by atoms with Crippen LogP contribution in [0.4, 0.5) is 5.82 Å². The third-order valence-corrected chi connectivity index (χ3v) is 2.54. The second-order valence-electron chi connectivity index (χ2n) is 3.73. The second kappa shape index (κ2) is 6.53. The Hall–Kier alpha value is -2.37. The fraction of sp³-hybridized carbons (Fsp3) is 0.308. The van der Waals surface area contributed by atoms with E-state index in [0.29, 0.717) is 30.5 Å². The van der Waals surface area contributed by atoms with Crippen LogP contribution in [0.25, 0.3) is 0 Å². The summed E-state index contributed by atoms with van der Waals surface area (Å²) in [4.78, 5) is 12.4. The number of hydrogen-bond donors (Lipinski definition) is 1. The molecule has 6 heteroatoms. The lowest BCUT2D eigenvalue weighted by Gasteiger charge is -2.11. The van der Waals surface area contributed by atoms with Crippen LogP contribution < -0.4 is 14.8 Å². The monoisotopic (exact) mass is 260 g/mol. The van der Waals surface area contributed by atoms with Crippen molar-refractivity contribution >= 4 is 5.82 Å². The van der Waals surface area contributed by atoms with E-state index in [-0.39, 0.29) is 0 Å². The highest BCUT2D eigenvalue weighted by atomic mass is 16.5. The first kappa shape index (κ1) is 13.1. The molecule has 0 saturated heterocycles. The van der Waals surface area contributed by atoms with Crippen LogP contribution in [-0.4, -0.2) is 35.7 Å². The number of hydrogen-bond acceptors (Lipinski definition) is 6. The molecule has 1 N–H and O–H groups in total. The average molecular weight is 260 g/mol. The molecule has 0 aliphatic heterocycles. The van der Waals surface area contributed by atoms with Gasteiger partial charge in [-0.15, -0.1) is 0 Å². The Bertz CT molecular complexity index is 519. The van der Waals surface area contributed by atoms with E-state index >= 15 is 0 Å². The number of anilines is 1. The van der Waals surface area contributed by atoms with Crippen LogP contribution in [0.1, 0.15) is 5.69 Å². The predicted molar refractivity (Wildman–Crippen MR) is 71.6 cm³/mol. The van der Waals surface area contributed by atoms with Crippen molar-refractivity contribution in [2.75, 3.05) is 26.1 Å². The van der Waals surface area contributed by atoms with E-state index in [1.165, 1.54) is 6.33 Å². The lowest BCUT2D eigenvalue weighted by Crippen LogP contribution is -2.07. The maximum atomic E-state index is 5.62. The van der Waals surface area contributed by atoms with Crippen molar-refractivity contribution in [3.63, 3.8) is 0 Å². The highest BCUT2D eigenvalue weighted by Gasteiger charge is 2.12. The van der Waals surface area contributed by atoms with Crippen LogP contribution in [0.3, 0.4) is 0 Å². The standard InChI is InChI=1S/C13H16N4O2/c1-14-12-11(18-2)13(17-9-16-12)19-8-6-10-5-3-4-7-15-10/h3-5,7,9H,6,8H2,1-2H3,(H,14,16,17). The van der Waals surface area contributed by atoms with E-state index in [1.807, 2.05) is 18.2 Å². The maximum absolute atomic E-state index is 5.62. The summed E-state index contributed by atoms with van der Waals surface area (Å²) < 4.78 is 10.9. The van der Waals surface area contributed by atoms with Gasteiger partial charge < -0.3 is 14.8 Å². The van der Waals surface area contributed by atoms with Gasteiger partial charge in [-0.2, -0.15) is 4.98 Å². The molecule has 0 fully saturated rings. The molecule has 0 saturated carbocycles. The van der Waals surface area contributed by atoms with Crippen LogP contribution in [0.5, 0.6) is 11.6 Å². The summed E-state index contributed by atoms with van der Waals surface area (Å²) in [6, 6.07) is 5.79. The lowest BCUT2D eigenvalue weighted by molar-refractivity contribution is 0.284. The topological polar surface area (TPSA) is 69.2 Å². The van der Waals surface area contributed by atoms with Crippen LogP contribution >= 0.6 is 0 Å². The van der Waals surface area contributed by atoms with Crippen LogP contribution in [0, 0.1) is 0 Å². The lowest BCUT2D eigenvalue weighted by atomic mass is 10.3. The molecular weight excluding hydrogens is 244 g/mol. The van der Waals surface area contributed by atoms with E-state index < -0.39 is 0 Å². The fourth-order valence-corrected chi connectivity index (χ4v) is 1.62. The molecule has 2 heterocycles. The van der Waals surface area contributed by atoms with E-state index in [9.17, 15) is 0 Å². The number of methoxy groups -OCH3 is 1. The molecule has 0 unspecified atom stereocenters. The van der Waals surface area contributed by atoms with Gasteiger partial charge in [-0.1, -0.05) is 6.07 Å². The van der Waals surface area contributed by atoms with Crippen molar-refractivity contribution < 1.29 is 9.47 Å². The van der Waals surface area contributed by atoms with Gasteiger partial charge in [-0.3, -0.25) is 4.98 Å². The number of rotatable bonds is 6. The molecule has 0 amide bonds. The molecule has 0 atom stereocenters. The Morgan fingerprint density at radius 1 is 1.21 bits per heavy atom. The van der Waals surface area contributed by atoms with Gasteiger partial charge in [0.2, 0.25) is 5.75 Å². The summed E-state index contributed by atoms with van der Waals surface area (Å²) in [6.45, 7) is 0.480. The summed E-state index contributed by atoms with van der Waals surface area (Å²) in [7, 11) is 3.33. The first-order chi connectivity index (χ1) is 9.35. The molecule has 0 spiro atoms. The molecule has 0 bridgehead atoms. The Morgan fingerprint density at radius 2 is 2.11 bits per heavy atom. The van der Waals surface area contributed by atoms with Crippen molar-refractivity contribution in [2.24, 2.45) is 0 Å². The van der Waals surface area contributed by atoms with E-state index in [0.717, 1.165) is 5.69 Å². The summed E-state index contributed by atoms with van der Waals surface area (Å²) in [5.74, 6) is 1.54. The average Bonchev–Trinajstić information content (AvgIpc) is 2.48. The van der Waals surface area contributed by atoms with E-state index in [2.05, 4.69) is 20.3 Å². The van der Waals surface area contributed by atoms with Crippen molar-refractivity contribution in [3.05, 3.63) is 36.4 Å². The Morgan fingerprint density at radius 3 is 2.79 bits per heavy atom. The quantitative estimate of drug-likeness (QED) is 0.849. The van der Waals surface area contributed by atoms with Gasteiger partial charge in [0.05, 0.1) is 13.7 Å². The summed E-state index contributed by atoms with van der Waals surface area (Å²) in [6.07, 6.45) is 3.91. The van der Waals surface area contributed by atoms with Crippen LogP contribution in [0.15, 0.2) is 30.7 Å². The molecule has 2 aromatic heterocycles. The third-order valence-electron chi connectivity index (χ3n) is 2.54. The highest BCUT2D eigenvalue weighted by Crippen LogP contribution is 2.30. The van der Waals surface area contributed by atoms with Crippen molar-refractivity contribution in [1.29, 1.82) is 0 Å². The summed E-state index contributed by atoms with van der Waals surface area (Å²) >= 11 is 0. The predicted octanol–water partition coefficient (Wildman–Crippen LogP) is 1.54. The SMILES string of the molecule is CNc1ncnc(OCCc2ccccn2)c1OC. The Balaban J connectivity index is 2.00. The molecule has 0 aliphatic carbocycles. The minimum atomic E-state index is 0.429. The third kappa shape index (κ3) is 3.31. The van der Waals surface area contributed by atoms with Gasteiger partial charge in [0.1, 0.15) is 6.33 Å². The van der Waals surface area contributed by atoms with E-state index in [1.54, 1.807) is 20.4 Å².